The van der Waals surface area contributed by atoms with Gasteiger partial charge in [0.25, 0.3) is 0 Å². The van der Waals surface area contributed by atoms with E-state index in [0.717, 1.165) is 11.3 Å². The van der Waals surface area contributed by atoms with Gasteiger partial charge in [0.2, 0.25) is 5.91 Å². The van der Waals surface area contributed by atoms with E-state index in [1.54, 1.807) is 31.4 Å². The van der Waals surface area contributed by atoms with Gasteiger partial charge in [0.15, 0.2) is 0 Å². The first-order valence-corrected chi connectivity index (χ1v) is 8.16. The summed E-state index contributed by atoms with van der Waals surface area (Å²) in [5.41, 5.74) is 1.16. The molecule has 1 unspecified atom stereocenters. The summed E-state index contributed by atoms with van der Waals surface area (Å²) >= 11 is 0. The lowest BCUT2D eigenvalue weighted by Crippen LogP contribution is -2.29. The molecule has 0 aliphatic heterocycles. The van der Waals surface area contributed by atoms with Crippen LogP contribution in [0.3, 0.4) is 0 Å². The second-order valence-corrected chi connectivity index (χ2v) is 5.85. The Hall–Kier alpha value is -2.60. The molecule has 0 saturated carbocycles. The van der Waals surface area contributed by atoms with E-state index in [0.29, 0.717) is 31.6 Å². The second kappa shape index (κ2) is 9.03. The van der Waals surface area contributed by atoms with Crippen LogP contribution in [0.4, 0.5) is 0 Å². The molecule has 1 aromatic carbocycles. The molecule has 1 aromatic heterocycles. The van der Waals surface area contributed by atoms with Gasteiger partial charge in [0, 0.05) is 20.1 Å². The molecule has 134 valence electrons. The quantitative estimate of drug-likeness (QED) is 0.729. The van der Waals surface area contributed by atoms with Crippen molar-refractivity contribution < 1.29 is 23.8 Å². The zero-order chi connectivity index (χ0) is 18.2. The number of benzene rings is 1. The molecule has 0 radical (unpaired) electrons. The number of ether oxygens (including phenoxy) is 1. The number of hydrogen-bond acceptors (Lipinski definition) is 4. The van der Waals surface area contributed by atoms with Crippen LogP contribution in [0.5, 0.6) is 0 Å². The number of carbonyl (C=O) groups is 2. The van der Waals surface area contributed by atoms with E-state index in [4.69, 9.17) is 14.3 Å². The maximum Gasteiger partial charge on any atom is 0.335 e. The normalized spacial score (nSPS) is 11.9. The van der Waals surface area contributed by atoms with Crippen molar-refractivity contribution in [2.45, 2.75) is 32.2 Å². The molecule has 2 rings (SSSR count). The first-order chi connectivity index (χ1) is 12.0. The van der Waals surface area contributed by atoms with Crippen molar-refractivity contribution in [2.75, 3.05) is 13.7 Å². The number of aromatic carboxylic acids is 1. The SMILES string of the molecule is COCCC(NC(=O)CCc1ccc(C(=O)O)cc1)c1ccc(C)o1. The van der Waals surface area contributed by atoms with Gasteiger partial charge in [0.1, 0.15) is 11.5 Å². The van der Waals surface area contributed by atoms with Gasteiger partial charge < -0.3 is 19.6 Å². The van der Waals surface area contributed by atoms with Crippen LogP contribution < -0.4 is 5.32 Å². The lowest BCUT2D eigenvalue weighted by atomic mass is 10.1. The number of rotatable bonds is 9. The van der Waals surface area contributed by atoms with Crippen LogP contribution in [0.15, 0.2) is 40.8 Å². The average Bonchev–Trinajstić information content (AvgIpc) is 3.03. The number of carbonyl (C=O) groups excluding carboxylic acids is 1. The first-order valence-electron chi connectivity index (χ1n) is 8.16. The summed E-state index contributed by atoms with van der Waals surface area (Å²) in [6, 6.07) is 10.1. The largest absolute Gasteiger partial charge is 0.478 e. The topological polar surface area (TPSA) is 88.8 Å². The van der Waals surface area contributed by atoms with Crippen molar-refractivity contribution >= 4 is 11.9 Å². The van der Waals surface area contributed by atoms with Gasteiger partial charge in [-0.15, -0.1) is 0 Å². The number of carboxylic acid groups (broad SMARTS) is 1. The molecule has 1 heterocycles. The Kier molecular flexibility index (Phi) is 6.77. The van der Waals surface area contributed by atoms with Crippen molar-refractivity contribution in [1.29, 1.82) is 0 Å². The molecule has 2 N–H and O–H groups in total. The van der Waals surface area contributed by atoms with E-state index in [2.05, 4.69) is 5.32 Å². The number of furan rings is 1. The molecule has 0 aliphatic rings. The smallest absolute Gasteiger partial charge is 0.335 e. The van der Waals surface area contributed by atoms with E-state index in [1.807, 2.05) is 19.1 Å². The lowest BCUT2D eigenvalue weighted by Gasteiger charge is -2.16. The number of carboxylic acids is 1. The van der Waals surface area contributed by atoms with Gasteiger partial charge in [-0.25, -0.2) is 4.79 Å². The van der Waals surface area contributed by atoms with Gasteiger partial charge in [-0.1, -0.05) is 12.1 Å². The summed E-state index contributed by atoms with van der Waals surface area (Å²) in [5.74, 6) is 0.468. The Labute approximate surface area is 146 Å². The van der Waals surface area contributed by atoms with Crippen molar-refractivity contribution in [3.8, 4) is 0 Å². The van der Waals surface area contributed by atoms with Gasteiger partial charge in [0.05, 0.1) is 11.6 Å². The predicted molar refractivity (Wildman–Crippen MR) is 92.5 cm³/mol. The molecule has 0 saturated heterocycles. The monoisotopic (exact) mass is 345 g/mol. The van der Waals surface area contributed by atoms with E-state index in [1.165, 1.54) is 0 Å². The highest BCUT2D eigenvalue weighted by molar-refractivity contribution is 5.87. The average molecular weight is 345 g/mol. The molecule has 0 bridgehead atoms. The van der Waals surface area contributed by atoms with E-state index in [-0.39, 0.29) is 17.5 Å². The maximum atomic E-state index is 12.3. The summed E-state index contributed by atoms with van der Waals surface area (Å²) in [5, 5.41) is 11.9. The molecule has 0 fully saturated rings. The molecule has 0 spiro atoms. The van der Waals surface area contributed by atoms with Crippen LogP contribution in [0, 0.1) is 6.92 Å². The Morgan fingerprint density at radius 2 is 1.92 bits per heavy atom. The molecule has 2 aromatic rings. The lowest BCUT2D eigenvalue weighted by molar-refractivity contribution is -0.122. The third-order valence-corrected chi connectivity index (χ3v) is 3.89. The van der Waals surface area contributed by atoms with Crippen LogP contribution in [0.2, 0.25) is 0 Å². The molecular formula is C19H23NO5. The highest BCUT2D eigenvalue weighted by atomic mass is 16.5. The predicted octanol–water partition coefficient (Wildman–Crippen LogP) is 3.11. The Balaban J connectivity index is 1.90. The fourth-order valence-electron chi connectivity index (χ4n) is 2.50. The summed E-state index contributed by atoms with van der Waals surface area (Å²) in [6.45, 7) is 2.38. The maximum absolute atomic E-state index is 12.3. The molecule has 6 nitrogen and oxygen atoms in total. The molecule has 6 heteroatoms. The Morgan fingerprint density at radius 3 is 2.48 bits per heavy atom. The first kappa shape index (κ1) is 18.7. The standard InChI is InChI=1S/C19H23NO5/c1-13-3-9-17(25-13)16(11-12-24-2)20-18(21)10-6-14-4-7-15(8-5-14)19(22)23/h3-5,7-9,16H,6,10-12H2,1-2H3,(H,20,21)(H,22,23). The minimum absolute atomic E-state index is 0.0857. The van der Waals surface area contributed by atoms with Crippen LogP contribution in [-0.2, 0) is 16.0 Å². The van der Waals surface area contributed by atoms with Crippen LogP contribution in [0.1, 0.15) is 46.3 Å². The van der Waals surface area contributed by atoms with E-state index < -0.39 is 5.97 Å². The van der Waals surface area contributed by atoms with E-state index in [9.17, 15) is 9.59 Å². The zero-order valence-electron chi connectivity index (χ0n) is 14.5. The minimum atomic E-state index is -0.959. The van der Waals surface area contributed by atoms with Crippen LogP contribution in [-0.4, -0.2) is 30.7 Å². The summed E-state index contributed by atoms with van der Waals surface area (Å²) in [4.78, 5) is 23.1. The molecule has 0 aliphatic carbocycles. The van der Waals surface area contributed by atoms with E-state index >= 15 is 0 Å². The number of aryl methyl sites for hydroxylation is 2. The molecule has 1 atom stereocenters. The number of methoxy groups -OCH3 is 1. The van der Waals surface area contributed by atoms with Crippen LogP contribution >= 0.6 is 0 Å². The van der Waals surface area contributed by atoms with Crippen LogP contribution in [0.25, 0.3) is 0 Å². The van der Waals surface area contributed by atoms with Crippen molar-refractivity contribution in [3.63, 3.8) is 0 Å². The van der Waals surface area contributed by atoms with Crippen molar-refractivity contribution in [3.05, 3.63) is 59.0 Å². The third-order valence-electron chi connectivity index (χ3n) is 3.89. The highest BCUT2D eigenvalue weighted by Crippen LogP contribution is 2.20. The highest BCUT2D eigenvalue weighted by Gasteiger charge is 2.17. The third kappa shape index (κ3) is 5.76. The van der Waals surface area contributed by atoms with Gasteiger partial charge in [-0.2, -0.15) is 0 Å². The fraction of sp³-hybridized carbons (Fsp3) is 0.368. The summed E-state index contributed by atoms with van der Waals surface area (Å²) < 4.78 is 10.7. The molecule has 25 heavy (non-hydrogen) atoms. The molecular weight excluding hydrogens is 322 g/mol. The second-order valence-electron chi connectivity index (χ2n) is 5.85. The fourth-order valence-corrected chi connectivity index (χ4v) is 2.50. The van der Waals surface area contributed by atoms with Crippen molar-refractivity contribution in [1.82, 2.24) is 5.32 Å². The Morgan fingerprint density at radius 1 is 1.20 bits per heavy atom. The van der Waals surface area contributed by atoms with Gasteiger partial charge >= 0.3 is 5.97 Å². The number of nitrogens with one attached hydrogen (secondary N) is 1. The summed E-state index contributed by atoms with van der Waals surface area (Å²) in [7, 11) is 1.62. The van der Waals surface area contributed by atoms with Gasteiger partial charge in [-0.3, -0.25) is 4.79 Å². The minimum Gasteiger partial charge on any atom is -0.478 e. The Bertz CT molecular complexity index is 705. The summed E-state index contributed by atoms with van der Waals surface area (Å²) in [6.07, 6.45) is 1.48. The molecule has 1 amide bonds. The zero-order valence-corrected chi connectivity index (χ0v) is 14.5. The number of hydrogen-bond donors (Lipinski definition) is 2. The van der Waals surface area contributed by atoms with Gasteiger partial charge in [-0.05, 0) is 49.6 Å². The van der Waals surface area contributed by atoms with Crippen molar-refractivity contribution in [2.24, 2.45) is 0 Å². The number of amides is 1.